The minimum absolute atomic E-state index is 0.0921. The zero-order chi connectivity index (χ0) is 44.7. The van der Waals surface area contributed by atoms with Gasteiger partial charge in [0.25, 0.3) is 0 Å². The van der Waals surface area contributed by atoms with Crippen LogP contribution < -0.4 is 11.3 Å². The highest BCUT2D eigenvalue weighted by Crippen LogP contribution is 2.58. The molecular weight excluding hydrogens is 889 g/mol. The van der Waals surface area contributed by atoms with Gasteiger partial charge >= 0.3 is 22.9 Å². The Morgan fingerprint density at radius 2 is 1.41 bits per heavy atom. The summed E-state index contributed by atoms with van der Waals surface area (Å²) in [6.45, 7) is 2.47. The van der Waals surface area contributed by atoms with E-state index in [1.54, 1.807) is 5.53 Å². The number of nitrogens with zero attached hydrogens (tertiary/aromatic N) is 20. The van der Waals surface area contributed by atoms with Crippen LogP contribution in [0, 0.1) is 0 Å². The highest BCUT2D eigenvalue weighted by atomic mass is 31.2. The Morgan fingerprint density at radius 3 is 2.05 bits per heavy atom. The van der Waals surface area contributed by atoms with E-state index in [1.807, 2.05) is 0 Å². The van der Waals surface area contributed by atoms with Gasteiger partial charge in [0.1, 0.15) is 42.3 Å². The second-order valence-corrected chi connectivity index (χ2v) is 17.9. The molecule has 0 saturated carbocycles. The molecule has 2 aliphatic heterocycles. The predicted octanol–water partition coefficient (Wildman–Crippen LogP) is 3.21. The van der Waals surface area contributed by atoms with Crippen LogP contribution in [0.5, 0.6) is 0 Å². The minimum Gasteiger partial charge on any atom is -0.388 e. The third kappa shape index (κ3) is 19.5. The first kappa shape index (κ1) is 51.0. The van der Waals surface area contributed by atoms with Gasteiger partial charge in [-0.15, -0.1) is 16.2 Å². The molecule has 39 heteroatoms. The molecule has 1 aromatic rings. The Hall–Kier alpha value is -4.34. The summed E-state index contributed by atoms with van der Waals surface area (Å²) >= 11 is 0. The van der Waals surface area contributed by atoms with Crippen LogP contribution in [0.2, 0.25) is 0 Å². The summed E-state index contributed by atoms with van der Waals surface area (Å²) in [6, 6.07) is 0. The van der Waals surface area contributed by atoms with Gasteiger partial charge in [-0.05, 0) is 64.6 Å². The normalized spacial score (nSPS) is 27.9. The van der Waals surface area contributed by atoms with Crippen LogP contribution >= 0.6 is 22.9 Å². The zero-order valence-electron chi connectivity index (χ0n) is 32.0. The van der Waals surface area contributed by atoms with E-state index in [2.05, 4.69) is 93.2 Å². The van der Waals surface area contributed by atoms with Crippen molar-refractivity contribution in [2.24, 2.45) is 83.7 Å². The van der Waals surface area contributed by atoms with Crippen molar-refractivity contribution in [1.29, 1.82) is 0 Å². The largest absolute Gasteiger partial charge is 0.471 e. The Bertz CT molecular complexity index is 1920. The number of aliphatic hydroxyl groups excluding tert-OH is 2. The molecule has 1 aromatic heterocycles. The lowest BCUT2D eigenvalue weighted by Crippen LogP contribution is -2.36. The Balaban J connectivity index is 1.48. The fourth-order valence-electron chi connectivity index (χ4n) is 5.13. The van der Waals surface area contributed by atoms with Gasteiger partial charge in [-0.1, -0.05) is 22.9 Å². The van der Waals surface area contributed by atoms with Gasteiger partial charge in [0.2, 0.25) is 0 Å². The molecule has 11 atom stereocenters. The second-order valence-electron chi connectivity index (χ2n) is 12.3. The molecule has 2 fully saturated rings. The summed E-state index contributed by atoms with van der Waals surface area (Å²) < 4.78 is 71.3. The topological polar surface area (TPSA) is 498 Å². The number of rotatable bonds is 28. The van der Waals surface area contributed by atoms with Crippen LogP contribution in [0.15, 0.2) is 84.2 Å². The summed E-state index contributed by atoms with van der Waals surface area (Å²) in [7, 11) is -14.1. The molecule has 36 nitrogen and oxygen atoms in total. The van der Waals surface area contributed by atoms with Crippen molar-refractivity contribution in [3.63, 3.8) is 0 Å². The van der Waals surface area contributed by atoms with Gasteiger partial charge < -0.3 is 53.9 Å². The highest BCUT2D eigenvalue weighted by Gasteiger charge is 2.47. The molecule has 2 saturated heterocycles. The maximum absolute atomic E-state index is 12.7. The monoisotopic (exact) mass is 932 g/mol. The van der Waals surface area contributed by atoms with Crippen LogP contribution in [0.4, 0.5) is 0 Å². The Kier molecular flexibility index (Phi) is 21.9. The van der Waals surface area contributed by atoms with Gasteiger partial charge in [0.15, 0.2) is 5.90 Å². The van der Waals surface area contributed by atoms with E-state index in [0.717, 1.165) is 12.8 Å². The quantitative estimate of drug-likeness (QED) is 0.0158. The molecule has 3 heterocycles. The van der Waals surface area contributed by atoms with E-state index in [0.29, 0.717) is 19.4 Å². The van der Waals surface area contributed by atoms with Gasteiger partial charge in [0.05, 0.1) is 44.8 Å². The average Bonchev–Trinajstić information content (AvgIpc) is 3.84. The smallest absolute Gasteiger partial charge is 0.388 e. The summed E-state index contributed by atoms with van der Waals surface area (Å²) in [5.41, 5.74) is 15.4. The fourth-order valence-corrected chi connectivity index (χ4v) is 9.14. The summed E-state index contributed by atoms with van der Waals surface area (Å²) in [6.07, 6.45) is -4.70. The molecule has 340 valence electrons. The number of aliphatic hydroxyl groups is 2. The number of azide groups is 1. The van der Waals surface area contributed by atoms with Crippen molar-refractivity contribution in [1.82, 2.24) is 20.5 Å². The van der Waals surface area contributed by atoms with E-state index in [1.165, 1.54) is 24.7 Å². The number of hydrogen-bond acceptors (Lipinski definition) is 16. The second kappa shape index (κ2) is 26.2. The zero-order valence-corrected chi connectivity index (χ0v) is 34.7. The molecule has 2 aliphatic rings. The lowest BCUT2D eigenvalue weighted by molar-refractivity contribution is -0.0595. The average molecular weight is 933 g/mol. The summed E-state index contributed by atoms with van der Waals surface area (Å²) in [4.78, 5) is 35.9. The number of nitrogens with two attached hydrogens (primary N) is 1. The fraction of sp³-hybridized carbons (Fsp3) is 0.909. The molecule has 11 unspecified atom stereocenters. The lowest BCUT2D eigenvalue weighted by atomic mass is 10.1. The van der Waals surface area contributed by atoms with E-state index in [9.17, 15) is 38.6 Å². The maximum atomic E-state index is 12.7. The van der Waals surface area contributed by atoms with E-state index in [4.69, 9.17) is 39.0 Å². The van der Waals surface area contributed by atoms with Gasteiger partial charge in [-0.3, -0.25) is 13.7 Å². The maximum Gasteiger partial charge on any atom is 0.471 e. The highest BCUT2D eigenvalue weighted by molar-refractivity contribution is 7.70. The summed E-state index contributed by atoms with van der Waals surface area (Å²) in [5, 5.41) is 71.1. The Labute approximate surface area is 343 Å². The van der Waals surface area contributed by atoms with Crippen LogP contribution in [-0.4, -0.2) is 114 Å². The molecule has 0 amide bonds. The molecule has 0 aliphatic carbocycles. The number of hydrogen-bond donors (Lipinski definition) is 7. The Morgan fingerprint density at radius 1 is 0.836 bits per heavy atom. The standard InChI is InChI=1S/C22H43N22O14P3/c1-14-19(45)21(18(57-14)12-55-60(49,50)13-59(47,48)54-8-6-4-3-5-7-23)53-11-16-9-44(42-25-16)10-17-22(20(46)15(2)56-17)58-61(51,52)43-41-40-39-38-37-36-35-34-33-32-31-30-29-28-27-26-24/h9,14-15,17-22,45-46H,3-8,10-13,23H2,1-2H3,(H,47,48)(H,49,50)(H2,28,30,32,34,36,38,40,43,51,52). The van der Waals surface area contributed by atoms with Crippen molar-refractivity contribution < 1.29 is 66.4 Å². The molecule has 0 aromatic carbocycles. The van der Waals surface area contributed by atoms with Crippen LogP contribution in [-0.2, 0) is 54.6 Å². The van der Waals surface area contributed by atoms with Gasteiger partial charge in [-0.25, -0.2) is 9.25 Å². The van der Waals surface area contributed by atoms with Crippen molar-refractivity contribution in [2.75, 3.05) is 25.7 Å². The van der Waals surface area contributed by atoms with Crippen molar-refractivity contribution in [3.05, 3.63) is 22.3 Å². The van der Waals surface area contributed by atoms with Gasteiger partial charge in [0, 0.05) is 41.8 Å². The molecular formula is C22H43N22O14P3. The van der Waals surface area contributed by atoms with E-state index < -0.39 is 84.3 Å². The lowest BCUT2D eigenvalue weighted by Gasteiger charge is -2.22. The first-order valence-electron chi connectivity index (χ1n) is 17.5. The molecule has 0 spiro atoms. The number of unbranched alkanes of at least 4 members (excludes halogenated alkanes) is 3. The number of ether oxygens (including phenoxy) is 3. The molecule has 0 bridgehead atoms. The first-order valence-corrected chi connectivity index (χ1v) is 22.5. The van der Waals surface area contributed by atoms with Crippen molar-refractivity contribution >= 4 is 22.9 Å². The molecule has 3 rings (SSSR count). The van der Waals surface area contributed by atoms with Crippen molar-refractivity contribution in [2.45, 2.75) is 102 Å². The van der Waals surface area contributed by atoms with Crippen LogP contribution in [0.3, 0.4) is 0 Å². The van der Waals surface area contributed by atoms with Crippen LogP contribution in [0.1, 0.15) is 45.2 Å². The van der Waals surface area contributed by atoms with Gasteiger partial charge in [-0.2, -0.15) is 4.91 Å². The summed E-state index contributed by atoms with van der Waals surface area (Å²) in [5.74, 6) is -1.16. The molecule has 8 N–H and O–H groups in total. The SMILES string of the molecule is CC1OC(COP(=O)(O)CP(=O)(O)OCCCCCCN)C(OCc2cn(CC3OC(C)C(O)C3OP(=O)(O)/N=N/N=N/N=N/N=N/N=N/N=N/N=N/NN=[N+]=[N-])nn2)C1O. The number of aromatic nitrogens is 3. The van der Waals surface area contributed by atoms with Crippen LogP contribution in [0.25, 0.3) is 10.4 Å². The minimum atomic E-state index is -4.92. The molecule has 61 heavy (non-hydrogen) atoms. The third-order valence-electron chi connectivity index (χ3n) is 7.74. The van der Waals surface area contributed by atoms with E-state index in [-0.39, 0.29) is 25.5 Å². The third-order valence-corrected chi connectivity index (χ3v) is 12.6. The van der Waals surface area contributed by atoms with Crippen molar-refractivity contribution in [3.8, 4) is 0 Å². The molecule has 0 radical (unpaired) electrons. The van der Waals surface area contributed by atoms with E-state index >= 15 is 0 Å². The predicted molar refractivity (Wildman–Crippen MR) is 194 cm³/mol. The number of nitrogens with one attached hydrogen (secondary N) is 1. The first-order chi connectivity index (χ1) is 29.1.